The van der Waals surface area contributed by atoms with Gasteiger partial charge in [-0.1, -0.05) is 0 Å². The summed E-state index contributed by atoms with van der Waals surface area (Å²) in [6.45, 7) is 6.18. The van der Waals surface area contributed by atoms with Crippen molar-refractivity contribution >= 4 is 22.9 Å². The average molecular weight is 344 g/mol. The minimum Gasteiger partial charge on any atom is -0.467 e. The second-order valence-electron chi connectivity index (χ2n) is 6.59. The molecule has 0 aliphatic heterocycles. The van der Waals surface area contributed by atoms with E-state index < -0.39 is 0 Å². The van der Waals surface area contributed by atoms with Gasteiger partial charge in [-0.2, -0.15) is 10.1 Å². The van der Waals surface area contributed by atoms with E-state index in [1.165, 1.54) is 6.20 Å². The van der Waals surface area contributed by atoms with E-state index in [0.717, 1.165) is 0 Å². The van der Waals surface area contributed by atoms with Crippen LogP contribution in [-0.4, -0.2) is 32.2 Å². The summed E-state index contributed by atoms with van der Waals surface area (Å²) in [6, 6.07) is 3.52. The van der Waals surface area contributed by atoms with E-state index >= 15 is 0 Å². The molecular weight excluding hydrogens is 324 g/mol. The van der Waals surface area contributed by atoms with E-state index in [1.807, 2.05) is 20.8 Å². The number of carbonyl (C=O) groups excluding carboxylic acids is 1. The van der Waals surface area contributed by atoms with Gasteiger partial charge in [-0.05, 0) is 32.9 Å². The van der Waals surface area contributed by atoms with Gasteiger partial charge in [0, 0.05) is 0 Å². The Bertz CT molecular complexity index is 933. The van der Waals surface area contributed by atoms with Gasteiger partial charge >= 0.3 is 0 Å². The number of carbonyl (C=O) groups is 1. The van der Waals surface area contributed by atoms with Crippen molar-refractivity contribution in [2.45, 2.75) is 32.9 Å². The number of hydrogen-bond donors (Lipinski definition) is 3. The van der Waals surface area contributed by atoms with Crippen LogP contribution in [0.1, 0.15) is 26.5 Å². The number of amides is 1. The molecule has 0 spiro atoms. The van der Waals surface area contributed by atoms with Gasteiger partial charge in [0.25, 0.3) is 5.56 Å². The van der Waals surface area contributed by atoms with Gasteiger partial charge < -0.3 is 15.1 Å². The summed E-state index contributed by atoms with van der Waals surface area (Å²) in [4.78, 5) is 31.0. The van der Waals surface area contributed by atoms with Gasteiger partial charge in [-0.25, -0.2) is 4.68 Å². The molecule has 9 heteroatoms. The van der Waals surface area contributed by atoms with Crippen LogP contribution < -0.4 is 16.2 Å². The van der Waals surface area contributed by atoms with Crippen LogP contribution in [0.5, 0.6) is 0 Å². The van der Waals surface area contributed by atoms with Crippen LogP contribution in [0, 0.1) is 0 Å². The zero-order valence-corrected chi connectivity index (χ0v) is 14.3. The van der Waals surface area contributed by atoms with Gasteiger partial charge in [-0.15, -0.1) is 0 Å². The highest BCUT2D eigenvalue weighted by Gasteiger charge is 2.20. The first kappa shape index (κ1) is 16.7. The van der Waals surface area contributed by atoms with Gasteiger partial charge in [0.2, 0.25) is 11.9 Å². The van der Waals surface area contributed by atoms with E-state index in [1.54, 1.807) is 23.1 Å². The van der Waals surface area contributed by atoms with Gasteiger partial charge in [-0.3, -0.25) is 14.6 Å². The lowest BCUT2D eigenvalue weighted by molar-refractivity contribution is -0.119. The Morgan fingerprint density at radius 1 is 1.40 bits per heavy atom. The molecule has 3 heterocycles. The molecule has 25 heavy (non-hydrogen) atoms. The summed E-state index contributed by atoms with van der Waals surface area (Å²) < 4.78 is 6.82. The van der Waals surface area contributed by atoms with Gasteiger partial charge in [0.05, 0.1) is 31.1 Å². The third-order valence-electron chi connectivity index (χ3n) is 3.53. The maximum atomic E-state index is 12.2. The van der Waals surface area contributed by atoms with Gasteiger partial charge in [0.1, 0.15) is 11.1 Å². The van der Waals surface area contributed by atoms with Crippen LogP contribution in [0.4, 0.5) is 5.95 Å². The SMILES string of the molecule is CC(C)(C)n1ncc2c(=O)[nH]c(NCC(=O)NCc3ccco3)nc21. The zero-order valence-electron chi connectivity index (χ0n) is 14.3. The second kappa shape index (κ2) is 6.42. The first-order valence-electron chi connectivity index (χ1n) is 7.86. The molecule has 3 aromatic rings. The standard InChI is InChI=1S/C16H20N6O3/c1-16(2,3)22-13-11(8-19-22)14(24)21-15(20-13)18-9-12(23)17-7-10-5-4-6-25-10/h4-6,8H,7,9H2,1-3H3,(H,17,23)(H2,18,20,21,24). The van der Waals surface area contributed by atoms with Crippen molar-refractivity contribution in [3.05, 3.63) is 40.7 Å². The van der Waals surface area contributed by atoms with E-state index in [-0.39, 0.29) is 29.5 Å². The molecule has 132 valence electrons. The number of furan rings is 1. The Morgan fingerprint density at radius 2 is 2.20 bits per heavy atom. The van der Waals surface area contributed by atoms with E-state index in [9.17, 15) is 9.59 Å². The quantitative estimate of drug-likeness (QED) is 0.640. The molecule has 0 saturated carbocycles. The molecule has 0 aromatic carbocycles. The number of aromatic nitrogens is 4. The summed E-state index contributed by atoms with van der Waals surface area (Å²) in [5, 5.41) is 10.2. The lowest BCUT2D eigenvalue weighted by Gasteiger charge is -2.19. The molecule has 0 unspecified atom stereocenters. The molecule has 0 atom stereocenters. The number of fused-ring (bicyclic) bond motifs is 1. The summed E-state index contributed by atoms with van der Waals surface area (Å²) >= 11 is 0. The molecule has 0 saturated heterocycles. The highest BCUT2D eigenvalue weighted by Crippen LogP contribution is 2.18. The number of aromatic amines is 1. The molecule has 0 aliphatic carbocycles. The first-order valence-corrected chi connectivity index (χ1v) is 7.86. The number of anilines is 1. The minimum atomic E-state index is -0.319. The van der Waals surface area contributed by atoms with Gasteiger partial charge in [0.15, 0.2) is 5.65 Å². The Balaban J connectivity index is 1.71. The third-order valence-corrected chi connectivity index (χ3v) is 3.53. The summed E-state index contributed by atoms with van der Waals surface area (Å²) in [5.41, 5.74) is -0.158. The smallest absolute Gasteiger partial charge is 0.263 e. The molecule has 0 bridgehead atoms. The Morgan fingerprint density at radius 3 is 2.88 bits per heavy atom. The van der Waals surface area contributed by atoms with Crippen molar-refractivity contribution < 1.29 is 9.21 Å². The Hall–Kier alpha value is -3.10. The van der Waals surface area contributed by atoms with E-state index in [0.29, 0.717) is 23.3 Å². The number of nitrogens with zero attached hydrogens (tertiary/aromatic N) is 3. The van der Waals surface area contributed by atoms with Crippen molar-refractivity contribution in [3.63, 3.8) is 0 Å². The Labute approximate surface area is 143 Å². The minimum absolute atomic E-state index is 0.0290. The van der Waals surface area contributed by atoms with E-state index in [4.69, 9.17) is 4.42 Å². The predicted molar refractivity (Wildman–Crippen MR) is 92.2 cm³/mol. The molecule has 3 N–H and O–H groups in total. The number of H-pyrrole nitrogens is 1. The van der Waals surface area contributed by atoms with E-state index in [2.05, 4.69) is 25.7 Å². The van der Waals surface area contributed by atoms with Crippen LogP contribution in [-0.2, 0) is 16.9 Å². The highest BCUT2D eigenvalue weighted by molar-refractivity contribution is 5.80. The number of hydrogen-bond acceptors (Lipinski definition) is 6. The van der Waals surface area contributed by atoms with Crippen LogP contribution in [0.3, 0.4) is 0 Å². The first-order chi connectivity index (χ1) is 11.8. The average Bonchev–Trinajstić information content (AvgIpc) is 3.19. The van der Waals surface area contributed by atoms with Crippen molar-refractivity contribution in [1.82, 2.24) is 25.1 Å². The zero-order chi connectivity index (χ0) is 18.0. The maximum Gasteiger partial charge on any atom is 0.263 e. The van der Waals surface area contributed by atoms with Crippen molar-refractivity contribution in [2.24, 2.45) is 0 Å². The van der Waals surface area contributed by atoms with Crippen molar-refractivity contribution in [1.29, 1.82) is 0 Å². The maximum absolute atomic E-state index is 12.2. The molecule has 0 fully saturated rings. The lowest BCUT2D eigenvalue weighted by atomic mass is 10.1. The number of nitrogens with one attached hydrogen (secondary N) is 3. The monoisotopic (exact) mass is 344 g/mol. The largest absolute Gasteiger partial charge is 0.467 e. The molecule has 3 rings (SSSR count). The molecule has 0 radical (unpaired) electrons. The fraction of sp³-hybridized carbons (Fsp3) is 0.375. The van der Waals surface area contributed by atoms with Crippen LogP contribution in [0.2, 0.25) is 0 Å². The molecule has 3 aromatic heterocycles. The topological polar surface area (TPSA) is 118 Å². The number of rotatable bonds is 5. The molecule has 0 aliphatic rings. The third kappa shape index (κ3) is 3.70. The highest BCUT2D eigenvalue weighted by atomic mass is 16.3. The van der Waals surface area contributed by atoms with Crippen LogP contribution >= 0.6 is 0 Å². The Kier molecular flexibility index (Phi) is 4.30. The van der Waals surface area contributed by atoms with Crippen LogP contribution in [0.25, 0.3) is 11.0 Å². The van der Waals surface area contributed by atoms with Crippen LogP contribution in [0.15, 0.2) is 33.8 Å². The summed E-state index contributed by atoms with van der Waals surface area (Å²) in [5.74, 6) is 0.635. The summed E-state index contributed by atoms with van der Waals surface area (Å²) in [6.07, 6.45) is 3.04. The summed E-state index contributed by atoms with van der Waals surface area (Å²) in [7, 11) is 0. The molecular formula is C16H20N6O3. The second-order valence-corrected chi connectivity index (χ2v) is 6.59. The normalized spacial score (nSPS) is 11.6. The fourth-order valence-electron chi connectivity index (χ4n) is 2.32. The predicted octanol–water partition coefficient (Wildman–Crippen LogP) is 1.20. The van der Waals surface area contributed by atoms with Crippen molar-refractivity contribution in [2.75, 3.05) is 11.9 Å². The lowest BCUT2D eigenvalue weighted by Crippen LogP contribution is -2.30. The molecule has 1 amide bonds. The molecule has 9 nitrogen and oxygen atoms in total. The van der Waals surface area contributed by atoms with Crippen molar-refractivity contribution in [3.8, 4) is 0 Å². The fourth-order valence-corrected chi connectivity index (χ4v) is 2.32.